The number of carbonyl (C=O) groups is 1. The first-order valence-electron chi connectivity index (χ1n) is 7.52. The third-order valence-electron chi connectivity index (χ3n) is 3.46. The van der Waals surface area contributed by atoms with Crippen molar-refractivity contribution in [2.24, 2.45) is 5.84 Å². The van der Waals surface area contributed by atoms with Gasteiger partial charge >= 0.3 is 5.97 Å². The highest BCUT2D eigenvalue weighted by molar-refractivity contribution is 6.35. The van der Waals surface area contributed by atoms with Crippen LogP contribution in [0.2, 0.25) is 5.02 Å². The molecule has 0 spiro atoms. The minimum Gasteiger partial charge on any atom is -0.458 e. The van der Waals surface area contributed by atoms with Gasteiger partial charge in [0.05, 0.1) is 16.4 Å². The molecule has 2 aromatic rings. The fourth-order valence-corrected chi connectivity index (χ4v) is 2.31. The molecule has 0 heterocycles. The van der Waals surface area contributed by atoms with Gasteiger partial charge in [-0.3, -0.25) is 0 Å². The summed E-state index contributed by atoms with van der Waals surface area (Å²) < 4.78 is 5.17. The lowest BCUT2D eigenvalue weighted by molar-refractivity contribution is -0.138. The zero-order chi connectivity index (χ0) is 17.5. The number of esters is 1. The summed E-state index contributed by atoms with van der Waals surface area (Å²) in [5, 5.41) is 1.85. The molecule has 0 unspecified atom stereocenters. The van der Waals surface area contributed by atoms with E-state index in [0.29, 0.717) is 28.5 Å². The van der Waals surface area contributed by atoms with Gasteiger partial charge in [0.15, 0.2) is 0 Å². The van der Waals surface area contributed by atoms with E-state index in [-0.39, 0.29) is 6.61 Å². The Morgan fingerprint density at radius 3 is 2.62 bits per heavy atom. The van der Waals surface area contributed by atoms with Crippen LogP contribution >= 0.6 is 11.6 Å². The first kappa shape index (κ1) is 17.8. The maximum atomic E-state index is 11.8. The molecule has 6 heteroatoms. The van der Waals surface area contributed by atoms with Gasteiger partial charge in [-0.2, -0.15) is 0 Å². The predicted octanol–water partition coefficient (Wildman–Crippen LogP) is 3.38. The Bertz CT molecular complexity index is 733. The van der Waals surface area contributed by atoms with E-state index in [0.717, 1.165) is 5.56 Å². The lowest BCUT2D eigenvalue weighted by Crippen LogP contribution is -2.31. The van der Waals surface area contributed by atoms with E-state index < -0.39 is 5.97 Å². The maximum Gasteiger partial charge on any atom is 0.331 e. The van der Waals surface area contributed by atoms with Gasteiger partial charge in [-0.15, -0.1) is 0 Å². The molecular weight excluding hydrogens is 326 g/mol. The topological polar surface area (TPSA) is 81.6 Å². The van der Waals surface area contributed by atoms with Gasteiger partial charge in [-0.25, -0.2) is 10.6 Å². The lowest BCUT2D eigenvalue weighted by atomic mass is 10.1. The Labute approximate surface area is 146 Å². The van der Waals surface area contributed by atoms with E-state index in [2.05, 4.69) is 0 Å². The summed E-state index contributed by atoms with van der Waals surface area (Å²) in [5.74, 6) is 5.38. The molecule has 0 atom stereocenters. The van der Waals surface area contributed by atoms with Crippen LogP contribution in [0.15, 0.2) is 48.5 Å². The molecule has 0 aliphatic heterocycles. The van der Waals surface area contributed by atoms with Crippen LogP contribution in [0, 0.1) is 0 Å². The van der Waals surface area contributed by atoms with Crippen molar-refractivity contribution in [2.75, 3.05) is 17.3 Å². The summed E-state index contributed by atoms with van der Waals surface area (Å²) in [6.45, 7) is 2.73. The molecule has 24 heavy (non-hydrogen) atoms. The first-order chi connectivity index (χ1) is 11.5. The molecular formula is C18H20ClN3O2. The number of hydrogen-bond donors (Lipinski definition) is 2. The zero-order valence-corrected chi connectivity index (χ0v) is 14.2. The summed E-state index contributed by atoms with van der Waals surface area (Å²) >= 11 is 6.25. The highest BCUT2D eigenvalue weighted by Gasteiger charge is 2.10. The Kier molecular flexibility index (Phi) is 6.23. The third kappa shape index (κ3) is 4.50. The Hall–Kier alpha value is -2.50. The van der Waals surface area contributed by atoms with Gasteiger partial charge in [0.25, 0.3) is 0 Å². The summed E-state index contributed by atoms with van der Waals surface area (Å²) in [5.41, 5.74) is 8.57. The molecule has 0 aliphatic rings. The fourth-order valence-electron chi connectivity index (χ4n) is 2.08. The molecule has 5 nitrogen and oxygen atoms in total. The molecule has 0 saturated heterocycles. The molecule has 0 aromatic heterocycles. The van der Waals surface area contributed by atoms with Crippen LogP contribution < -0.4 is 16.6 Å². The number of benzene rings is 2. The first-order valence-corrected chi connectivity index (χ1v) is 7.89. The number of nitrogens with zero attached hydrogens (tertiary/aromatic N) is 1. The van der Waals surface area contributed by atoms with Crippen molar-refractivity contribution in [3.05, 3.63) is 64.7 Å². The van der Waals surface area contributed by atoms with Gasteiger partial charge in [0.1, 0.15) is 6.61 Å². The number of anilines is 2. The predicted molar refractivity (Wildman–Crippen MR) is 98.3 cm³/mol. The second-order valence-corrected chi connectivity index (χ2v) is 5.49. The fraction of sp³-hybridized carbons (Fsp3) is 0.167. The van der Waals surface area contributed by atoms with Crippen molar-refractivity contribution in [3.8, 4) is 0 Å². The number of rotatable bonds is 6. The standard InChI is InChI=1S/C18H20ClN3O2/c1-2-22(21)15-10-8-14(17(19)18(15)20)9-11-16(23)24-12-13-6-4-3-5-7-13/h3-11H,2,12,20-21H2,1H3/b11-9+. The van der Waals surface area contributed by atoms with E-state index in [1.807, 2.05) is 37.3 Å². The van der Waals surface area contributed by atoms with Crippen LogP contribution in [0.1, 0.15) is 18.1 Å². The van der Waals surface area contributed by atoms with Gasteiger partial charge in [0.2, 0.25) is 0 Å². The van der Waals surface area contributed by atoms with Crippen LogP contribution in [0.3, 0.4) is 0 Å². The molecule has 0 saturated carbocycles. The number of carbonyl (C=O) groups excluding carboxylic acids is 1. The average molecular weight is 346 g/mol. The van der Waals surface area contributed by atoms with Crippen molar-refractivity contribution < 1.29 is 9.53 Å². The van der Waals surface area contributed by atoms with Crippen molar-refractivity contribution in [1.82, 2.24) is 0 Å². The third-order valence-corrected chi connectivity index (χ3v) is 3.88. The maximum absolute atomic E-state index is 11.8. The number of halogens is 1. The smallest absolute Gasteiger partial charge is 0.331 e. The van der Waals surface area contributed by atoms with Crippen LogP contribution in [0.5, 0.6) is 0 Å². The van der Waals surface area contributed by atoms with Gasteiger partial charge in [0, 0.05) is 12.6 Å². The van der Waals surface area contributed by atoms with E-state index in [9.17, 15) is 4.79 Å². The summed E-state index contributed by atoms with van der Waals surface area (Å²) in [7, 11) is 0. The molecule has 0 aliphatic carbocycles. The minimum atomic E-state index is -0.452. The molecule has 4 N–H and O–H groups in total. The Balaban J connectivity index is 2.03. The summed E-state index contributed by atoms with van der Waals surface area (Å²) in [6, 6.07) is 13.0. The highest BCUT2D eigenvalue weighted by Crippen LogP contribution is 2.32. The van der Waals surface area contributed by atoms with E-state index in [4.69, 9.17) is 27.9 Å². The van der Waals surface area contributed by atoms with Crippen molar-refractivity contribution >= 4 is 35.0 Å². The Morgan fingerprint density at radius 1 is 1.25 bits per heavy atom. The highest BCUT2D eigenvalue weighted by atomic mass is 35.5. The van der Waals surface area contributed by atoms with E-state index >= 15 is 0 Å². The second kappa shape index (κ2) is 8.38. The number of hydrogen-bond acceptors (Lipinski definition) is 5. The molecule has 0 radical (unpaired) electrons. The monoisotopic (exact) mass is 345 g/mol. The molecule has 2 aromatic carbocycles. The molecule has 0 bridgehead atoms. The van der Waals surface area contributed by atoms with Crippen LogP contribution in [-0.2, 0) is 16.1 Å². The zero-order valence-electron chi connectivity index (χ0n) is 13.4. The van der Waals surface area contributed by atoms with Gasteiger partial charge < -0.3 is 15.5 Å². The number of nitrogens with two attached hydrogens (primary N) is 2. The van der Waals surface area contributed by atoms with Gasteiger partial charge in [-0.1, -0.05) is 48.0 Å². The molecule has 0 fully saturated rings. The normalized spacial score (nSPS) is 10.8. The second-order valence-electron chi connectivity index (χ2n) is 5.11. The molecule has 0 amide bonds. The van der Waals surface area contributed by atoms with Crippen LogP contribution in [0.25, 0.3) is 6.08 Å². The van der Waals surface area contributed by atoms with Crippen LogP contribution in [-0.4, -0.2) is 12.5 Å². The average Bonchev–Trinajstić information content (AvgIpc) is 2.61. The van der Waals surface area contributed by atoms with Crippen molar-refractivity contribution in [2.45, 2.75) is 13.5 Å². The SMILES string of the molecule is CCN(N)c1ccc(/C=C/C(=O)OCc2ccccc2)c(Cl)c1N. The lowest BCUT2D eigenvalue weighted by Gasteiger charge is -2.19. The number of hydrazine groups is 1. The summed E-state index contributed by atoms with van der Waals surface area (Å²) in [4.78, 5) is 11.8. The summed E-state index contributed by atoms with van der Waals surface area (Å²) in [6.07, 6.45) is 2.89. The number of ether oxygens (including phenoxy) is 1. The molecule has 2 rings (SSSR count). The largest absolute Gasteiger partial charge is 0.458 e. The van der Waals surface area contributed by atoms with Crippen LogP contribution in [0.4, 0.5) is 11.4 Å². The minimum absolute atomic E-state index is 0.220. The van der Waals surface area contributed by atoms with E-state index in [1.165, 1.54) is 11.1 Å². The quantitative estimate of drug-likeness (QED) is 0.276. The number of nitrogen functional groups attached to an aromatic ring is 1. The van der Waals surface area contributed by atoms with Crippen molar-refractivity contribution in [3.63, 3.8) is 0 Å². The van der Waals surface area contributed by atoms with E-state index in [1.54, 1.807) is 18.2 Å². The van der Waals surface area contributed by atoms with Gasteiger partial charge in [-0.05, 0) is 30.2 Å². The Morgan fingerprint density at radius 2 is 1.96 bits per heavy atom. The van der Waals surface area contributed by atoms with Crippen molar-refractivity contribution in [1.29, 1.82) is 0 Å². The molecule has 126 valence electrons.